The van der Waals surface area contributed by atoms with Gasteiger partial charge in [-0.3, -0.25) is 4.79 Å². The SMILES string of the molecule is O=c1cc(NCCCNCc2ccc3ccccc3c2)[nH]c2ccccc12. The third-order valence-electron chi connectivity index (χ3n) is 4.73. The first-order valence-electron chi connectivity index (χ1n) is 9.34. The fraction of sp³-hybridized carbons (Fsp3) is 0.174. The molecule has 3 N–H and O–H groups in total. The van der Waals surface area contributed by atoms with E-state index in [1.165, 1.54) is 16.3 Å². The molecule has 0 atom stereocenters. The third kappa shape index (κ3) is 4.18. The van der Waals surface area contributed by atoms with Gasteiger partial charge >= 0.3 is 0 Å². The molecule has 3 aromatic carbocycles. The van der Waals surface area contributed by atoms with Crippen molar-refractivity contribution in [3.8, 4) is 0 Å². The second-order valence-corrected chi connectivity index (χ2v) is 6.73. The van der Waals surface area contributed by atoms with Crippen LogP contribution in [0.15, 0.2) is 77.6 Å². The number of aromatic amines is 1. The largest absolute Gasteiger partial charge is 0.371 e. The first-order chi connectivity index (χ1) is 13.3. The number of pyridine rings is 1. The number of fused-ring (bicyclic) bond motifs is 2. The lowest BCUT2D eigenvalue weighted by atomic mass is 10.1. The van der Waals surface area contributed by atoms with Crippen LogP contribution < -0.4 is 16.1 Å². The summed E-state index contributed by atoms with van der Waals surface area (Å²) >= 11 is 0. The van der Waals surface area contributed by atoms with E-state index >= 15 is 0 Å². The number of anilines is 1. The Labute approximate surface area is 158 Å². The maximum atomic E-state index is 12.1. The fourth-order valence-corrected chi connectivity index (χ4v) is 3.31. The molecule has 0 aliphatic carbocycles. The van der Waals surface area contributed by atoms with Crippen molar-refractivity contribution in [1.29, 1.82) is 0 Å². The Morgan fingerprint density at radius 2 is 1.63 bits per heavy atom. The quantitative estimate of drug-likeness (QED) is 0.433. The number of hydrogen-bond acceptors (Lipinski definition) is 3. The molecule has 4 aromatic rings. The molecular formula is C23H23N3O. The highest BCUT2D eigenvalue weighted by Gasteiger charge is 2.01. The Hall–Kier alpha value is -3.11. The third-order valence-corrected chi connectivity index (χ3v) is 4.73. The van der Waals surface area contributed by atoms with Crippen LogP contribution >= 0.6 is 0 Å². The molecule has 0 spiro atoms. The van der Waals surface area contributed by atoms with Crippen LogP contribution in [0, 0.1) is 0 Å². The lowest BCUT2D eigenvalue weighted by Crippen LogP contribution is -2.18. The summed E-state index contributed by atoms with van der Waals surface area (Å²) in [6, 6.07) is 24.2. The predicted octanol–water partition coefficient (Wildman–Crippen LogP) is 4.27. The van der Waals surface area contributed by atoms with E-state index in [1.807, 2.05) is 24.3 Å². The summed E-state index contributed by atoms with van der Waals surface area (Å²) in [5.41, 5.74) is 2.20. The number of nitrogens with one attached hydrogen (secondary N) is 3. The van der Waals surface area contributed by atoms with Crippen molar-refractivity contribution < 1.29 is 0 Å². The molecule has 4 heteroatoms. The van der Waals surface area contributed by atoms with Gasteiger partial charge in [-0.05, 0) is 47.5 Å². The van der Waals surface area contributed by atoms with Crippen LogP contribution in [0.2, 0.25) is 0 Å². The van der Waals surface area contributed by atoms with E-state index in [-0.39, 0.29) is 5.43 Å². The van der Waals surface area contributed by atoms with Gasteiger partial charge in [0.15, 0.2) is 5.43 Å². The Bertz CT molecular complexity index is 1120. The Morgan fingerprint density at radius 1 is 0.815 bits per heavy atom. The average Bonchev–Trinajstić information content (AvgIpc) is 2.70. The van der Waals surface area contributed by atoms with Gasteiger partial charge in [0.25, 0.3) is 0 Å². The van der Waals surface area contributed by atoms with E-state index in [1.54, 1.807) is 6.07 Å². The number of rotatable bonds is 7. The maximum Gasteiger partial charge on any atom is 0.191 e. The van der Waals surface area contributed by atoms with Crippen molar-refractivity contribution in [2.75, 3.05) is 18.4 Å². The summed E-state index contributed by atoms with van der Waals surface area (Å²) in [4.78, 5) is 15.4. The van der Waals surface area contributed by atoms with Crippen LogP contribution in [0.25, 0.3) is 21.7 Å². The van der Waals surface area contributed by atoms with Gasteiger partial charge in [-0.1, -0.05) is 48.5 Å². The molecule has 0 bridgehead atoms. The first kappa shape index (κ1) is 17.3. The van der Waals surface area contributed by atoms with Crippen molar-refractivity contribution in [3.05, 3.63) is 88.6 Å². The van der Waals surface area contributed by atoms with Crippen LogP contribution in [-0.2, 0) is 6.54 Å². The van der Waals surface area contributed by atoms with E-state index in [0.717, 1.165) is 42.8 Å². The molecule has 0 aliphatic heterocycles. The molecule has 0 saturated carbocycles. The molecule has 0 saturated heterocycles. The molecule has 1 aromatic heterocycles. The fourth-order valence-electron chi connectivity index (χ4n) is 3.31. The lowest BCUT2D eigenvalue weighted by molar-refractivity contribution is 0.663. The Kier molecular flexibility index (Phi) is 5.17. The van der Waals surface area contributed by atoms with Gasteiger partial charge in [0.1, 0.15) is 5.82 Å². The van der Waals surface area contributed by atoms with E-state index in [9.17, 15) is 4.79 Å². The summed E-state index contributed by atoms with van der Waals surface area (Å²) in [6.07, 6.45) is 0.975. The number of aromatic nitrogens is 1. The van der Waals surface area contributed by atoms with Crippen molar-refractivity contribution in [2.45, 2.75) is 13.0 Å². The van der Waals surface area contributed by atoms with Gasteiger partial charge in [0.2, 0.25) is 0 Å². The van der Waals surface area contributed by atoms with Gasteiger partial charge < -0.3 is 15.6 Å². The number of hydrogen-bond donors (Lipinski definition) is 3. The molecule has 136 valence electrons. The minimum absolute atomic E-state index is 0.0429. The number of para-hydroxylation sites is 1. The topological polar surface area (TPSA) is 56.9 Å². The molecule has 0 unspecified atom stereocenters. The summed E-state index contributed by atoms with van der Waals surface area (Å²) < 4.78 is 0. The molecule has 4 rings (SSSR count). The van der Waals surface area contributed by atoms with Gasteiger partial charge in [-0.25, -0.2) is 0 Å². The smallest absolute Gasteiger partial charge is 0.191 e. The van der Waals surface area contributed by atoms with E-state index in [2.05, 4.69) is 58.1 Å². The van der Waals surface area contributed by atoms with Gasteiger partial charge in [-0.15, -0.1) is 0 Å². The highest BCUT2D eigenvalue weighted by atomic mass is 16.1. The number of H-pyrrole nitrogens is 1. The standard InChI is InChI=1S/C23H23N3O/c27-22-15-23(26-21-9-4-3-8-20(21)22)25-13-5-12-24-16-17-10-11-18-6-1-2-7-19(18)14-17/h1-4,6-11,14-15,24H,5,12-13,16H2,(H2,25,26,27). The molecule has 0 amide bonds. The molecule has 27 heavy (non-hydrogen) atoms. The van der Waals surface area contributed by atoms with Crippen molar-refractivity contribution in [1.82, 2.24) is 10.3 Å². The normalized spacial score (nSPS) is 11.1. The van der Waals surface area contributed by atoms with Crippen LogP contribution in [0.4, 0.5) is 5.82 Å². The van der Waals surface area contributed by atoms with Gasteiger partial charge in [-0.2, -0.15) is 0 Å². The zero-order chi connectivity index (χ0) is 18.5. The molecule has 0 aliphatic rings. The average molecular weight is 357 g/mol. The summed E-state index contributed by atoms with van der Waals surface area (Å²) in [5.74, 6) is 0.772. The molecule has 4 nitrogen and oxygen atoms in total. The zero-order valence-corrected chi connectivity index (χ0v) is 15.2. The van der Waals surface area contributed by atoms with Crippen molar-refractivity contribution in [3.63, 3.8) is 0 Å². The monoisotopic (exact) mass is 357 g/mol. The summed E-state index contributed by atoms with van der Waals surface area (Å²) in [6.45, 7) is 2.58. The summed E-state index contributed by atoms with van der Waals surface area (Å²) in [7, 11) is 0. The highest BCUT2D eigenvalue weighted by Crippen LogP contribution is 2.15. The van der Waals surface area contributed by atoms with Crippen molar-refractivity contribution >= 4 is 27.5 Å². The minimum atomic E-state index is 0.0429. The van der Waals surface area contributed by atoms with Crippen LogP contribution in [0.1, 0.15) is 12.0 Å². The van der Waals surface area contributed by atoms with Gasteiger partial charge in [0, 0.05) is 24.5 Å². The van der Waals surface area contributed by atoms with Gasteiger partial charge in [0.05, 0.1) is 5.52 Å². The van der Waals surface area contributed by atoms with Crippen LogP contribution in [0.5, 0.6) is 0 Å². The highest BCUT2D eigenvalue weighted by molar-refractivity contribution is 5.83. The maximum absolute atomic E-state index is 12.1. The summed E-state index contributed by atoms with van der Waals surface area (Å²) in [5, 5.41) is 10.1. The van der Waals surface area contributed by atoms with E-state index in [4.69, 9.17) is 0 Å². The van der Waals surface area contributed by atoms with E-state index in [0.29, 0.717) is 0 Å². The minimum Gasteiger partial charge on any atom is -0.371 e. The van der Waals surface area contributed by atoms with E-state index < -0.39 is 0 Å². The second kappa shape index (κ2) is 8.06. The molecular weight excluding hydrogens is 334 g/mol. The second-order valence-electron chi connectivity index (χ2n) is 6.73. The Balaban J connectivity index is 1.25. The molecule has 0 fully saturated rings. The lowest BCUT2D eigenvalue weighted by Gasteiger charge is -2.09. The molecule has 1 heterocycles. The first-order valence-corrected chi connectivity index (χ1v) is 9.34. The van der Waals surface area contributed by atoms with Crippen LogP contribution in [-0.4, -0.2) is 18.1 Å². The zero-order valence-electron chi connectivity index (χ0n) is 15.2. The van der Waals surface area contributed by atoms with Crippen molar-refractivity contribution in [2.24, 2.45) is 0 Å². The Morgan fingerprint density at radius 3 is 2.56 bits per heavy atom. The molecule has 0 radical (unpaired) electrons. The number of benzene rings is 3. The van der Waals surface area contributed by atoms with Crippen LogP contribution in [0.3, 0.4) is 0 Å². The predicted molar refractivity (Wildman–Crippen MR) is 113 cm³/mol.